The Kier molecular flexibility index (Phi) is 4.21. The molecule has 0 radical (unpaired) electrons. The van der Waals surface area contributed by atoms with Gasteiger partial charge in [-0.05, 0) is 0 Å². The fourth-order valence-electron chi connectivity index (χ4n) is 2.39. The molecule has 0 amide bonds. The standard InChI is InChI=1S/C17H14F3NOSe/c1-16(11-23-12-7-3-2-4-8-12)13-9-5-6-10-14(13)21-15(22-16)17(18,19)20/h2-10H,11H2,1H3. The summed E-state index contributed by atoms with van der Waals surface area (Å²) in [5.74, 6) is -1.16. The van der Waals surface area contributed by atoms with Gasteiger partial charge in [0, 0.05) is 0 Å². The first kappa shape index (κ1) is 16.1. The molecule has 1 atom stereocenters. The summed E-state index contributed by atoms with van der Waals surface area (Å²) < 4.78 is 45.7. The first-order valence-electron chi connectivity index (χ1n) is 7.01. The molecule has 2 aromatic carbocycles. The molecular formula is C17H14F3NOSe. The summed E-state index contributed by atoms with van der Waals surface area (Å²) in [5.41, 5.74) is 0.00205. The van der Waals surface area contributed by atoms with Crippen molar-refractivity contribution in [3.8, 4) is 0 Å². The van der Waals surface area contributed by atoms with Gasteiger partial charge in [0.25, 0.3) is 0 Å². The van der Waals surface area contributed by atoms with Gasteiger partial charge in [0.05, 0.1) is 0 Å². The van der Waals surface area contributed by atoms with Crippen molar-refractivity contribution in [3.05, 3.63) is 60.2 Å². The Hall–Kier alpha value is -1.78. The predicted molar refractivity (Wildman–Crippen MR) is 84.7 cm³/mol. The van der Waals surface area contributed by atoms with E-state index in [4.69, 9.17) is 4.74 Å². The van der Waals surface area contributed by atoms with Crippen molar-refractivity contribution in [3.63, 3.8) is 0 Å². The summed E-state index contributed by atoms with van der Waals surface area (Å²) >= 11 is -0.00281. The third-order valence-electron chi connectivity index (χ3n) is 3.52. The molecule has 0 saturated carbocycles. The Morgan fingerprint density at radius 1 is 1.04 bits per heavy atom. The molecule has 3 rings (SSSR count). The van der Waals surface area contributed by atoms with Crippen LogP contribution in [0.15, 0.2) is 59.6 Å². The quantitative estimate of drug-likeness (QED) is 0.734. The van der Waals surface area contributed by atoms with Gasteiger partial charge in [-0.1, -0.05) is 0 Å². The molecule has 120 valence electrons. The molecule has 1 aliphatic heterocycles. The Labute approximate surface area is 138 Å². The van der Waals surface area contributed by atoms with Gasteiger partial charge >= 0.3 is 138 Å². The second kappa shape index (κ2) is 6.02. The number of aliphatic imine (C=N–C) groups is 1. The second-order valence-corrected chi connectivity index (χ2v) is 7.57. The Morgan fingerprint density at radius 3 is 2.39 bits per heavy atom. The van der Waals surface area contributed by atoms with Crippen LogP contribution < -0.4 is 4.46 Å². The van der Waals surface area contributed by atoms with E-state index in [0.29, 0.717) is 16.6 Å². The first-order chi connectivity index (χ1) is 10.9. The van der Waals surface area contributed by atoms with Crippen molar-refractivity contribution >= 4 is 31.0 Å². The molecule has 6 heteroatoms. The van der Waals surface area contributed by atoms with E-state index in [1.807, 2.05) is 30.3 Å². The van der Waals surface area contributed by atoms with Crippen molar-refractivity contribution in [2.75, 3.05) is 0 Å². The molecule has 0 saturated heterocycles. The van der Waals surface area contributed by atoms with Gasteiger partial charge in [-0.3, -0.25) is 0 Å². The summed E-state index contributed by atoms with van der Waals surface area (Å²) in [6, 6.07) is 16.6. The minimum atomic E-state index is -4.59. The van der Waals surface area contributed by atoms with Crippen LogP contribution in [-0.4, -0.2) is 27.0 Å². The number of para-hydroxylation sites is 1. The van der Waals surface area contributed by atoms with Gasteiger partial charge < -0.3 is 0 Å². The first-order valence-corrected chi connectivity index (χ1v) is 9.07. The molecule has 2 aromatic rings. The zero-order valence-corrected chi connectivity index (χ0v) is 14.0. The van der Waals surface area contributed by atoms with Crippen molar-refractivity contribution in [2.45, 2.75) is 24.0 Å². The van der Waals surface area contributed by atoms with E-state index in [1.54, 1.807) is 31.2 Å². The number of fused-ring (bicyclic) bond motifs is 1. The molecule has 0 bridgehead atoms. The SMILES string of the molecule is CC1(C[Se]c2ccccc2)OC(C(F)(F)F)=Nc2ccccc21. The van der Waals surface area contributed by atoms with Gasteiger partial charge in [-0.15, -0.1) is 0 Å². The van der Waals surface area contributed by atoms with Crippen molar-refractivity contribution < 1.29 is 17.9 Å². The zero-order chi connectivity index (χ0) is 16.5. The molecule has 0 fully saturated rings. The van der Waals surface area contributed by atoms with Crippen LogP contribution in [0.5, 0.6) is 0 Å². The van der Waals surface area contributed by atoms with Crippen LogP contribution in [-0.2, 0) is 10.3 Å². The fraction of sp³-hybridized carbons (Fsp3) is 0.235. The molecule has 0 aliphatic carbocycles. The predicted octanol–water partition coefficient (Wildman–Crippen LogP) is 3.97. The normalized spacial score (nSPS) is 20.4. The number of hydrogen-bond acceptors (Lipinski definition) is 2. The molecule has 1 aliphatic rings. The maximum absolute atomic E-state index is 13.1. The van der Waals surface area contributed by atoms with E-state index in [1.165, 1.54) is 0 Å². The Morgan fingerprint density at radius 2 is 1.70 bits per heavy atom. The number of halogens is 3. The van der Waals surface area contributed by atoms with Crippen LogP contribution >= 0.6 is 0 Å². The van der Waals surface area contributed by atoms with Crippen LogP contribution in [0.2, 0.25) is 5.32 Å². The fourth-order valence-corrected chi connectivity index (χ4v) is 4.50. The van der Waals surface area contributed by atoms with E-state index in [-0.39, 0.29) is 15.0 Å². The number of rotatable bonds is 3. The second-order valence-electron chi connectivity index (χ2n) is 5.37. The number of benzene rings is 2. The van der Waals surface area contributed by atoms with E-state index >= 15 is 0 Å². The van der Waals surface area contributed by atoms with Crippen molar-refractivity contribution in [1.82, 2.24) is 0 Å². The summed E-state index contributed by atoms with van der Waals surface area (Å²) in [4.78, 5) is 3.64. The molecular weight excluding hydrogens is 370 g/mol. The summed E-state index contributed by atoms with van der Waals surface area (Å²) in [5, 5.41) is 0.496. The molecule has 0 N–H and O–H groups in total. The van der Waals surface area contributed by atoms with Gasteiger partial charge in [0.15, 0.2) is 0 Å². The van der Waals surface area contributed by atoms with Gasteiger partial charge in [-0.25, -0.2) is 0 Å². The van der Waals surface area contributed by atoms with Gasteiger partial charge in [-0.2, -0.15) is 0 Å². The van der Waals surface area contributed by atoms with Crippen LogP contribution in [0, 0.1) is 0 Å². The molecule has 1 heterocycles. The maximum atomic E-state index is 13.1. The summed E-state index contributed by atoms with van der Waals surface area (Å²) in [7, 11) is 0. The number of alkyl halides is 3. The average molecular weight is 384 g/mol. The van der Waals surface area contributed by atoms with E-state index in [0.717, 1.165) is 4.46 Å². The average Bonchev–Trinajstić information content (AvgIpc) is 2.53. The van der Waals surface area contributed by atoms with Crippen molar-refractivity contribution in [2.24, 2.45) is 4.99 Å². The van der Waals surface area contributed by atoms with E-state index in [2.05, 4.69) is 4.99 Å². The van der Waals surface area contributed by atoms with Gasteiger partial charge in [0.2, 0.25) is 0 Å². The van der Waals surface area contributed by atoms with Crippen LogP contribution in [0.4, 0.5) is 18.9 Å². The molecule has 0 aromatic heterocycles. The Balaban J connectivity index is 1.93. The molecule has 2 nitrogen and oxygen atoms in total. The zero-order valence-electron chi connectivity index (χ0n) is 12.3. The summed E-state index contributed by atoms with van der Waals surface area (Å²) in [6.45, 7) is 1.71. The monoisotopic (exact) mass is 385 g/mol. The Bertz CT molecular complexity index is 730. The number of nitrogens with zero attached hydrogens (tertiary/aromatic N) is 1. The molecule has 0 spiro atoms. The van der Waals surface area contributed by atoms with Gasteiger partial charge in [0.1, 0.15) is 0 Å². The van der Waals surface area contributed by atoms with Crippen LogP contribution in [0.1, 0.15) is 12.5 Å². The van der Waals surface area contributed by atoms with E-state index < -0.39 is 17.7 Å². The molecule has 23 heavy (non-hydrogen) atoms. The third-order valence-corrected chi connectivity index (χ3v) is 6.25. The molecule has 1 unspecified atom stereocenters. The number of ether oxygens (including phenoxy) is 1. The topological polar surface area (TPSA) is 21.6 Å². The minimum absolute atomic E-state index is 0.00281. The number of hydrogen-bond donors (Lipinski definition) is 0. The van der Waals surface area contributed by atoms with Crippen molar-refractivity contribution in [1.29, 1.82) is 0 Å². The summed E-state index contributed by atoms with van der Waals surface area (Å²) in [6.07, 6.45) is -4.59. The van der Waals surface area contributed by atoms with E-state index in [9.17, 15) is 13.2 Å². The van der Waals surface area contributed by atoms with Crippen LogP contribution in [0.3, 0.4) is 0 Å². The third kappa shape index (κ3) is 3.43. The van der Waals surface area contributed by atoms with Crippen LogP contribution in [0.25, 0.3) is 0 Å².